The van der Waals surface area contributed by atoms with Crippen LogP contribution < -0.4 is 4.74 Å². The number of ether oxygens (including phenoxy) is 1. The average molecular weight is 277 g/mol. The molecule has 0 aliphatic carbocycles. The second-order valence-electron chi connectivity index (χ2n) is 3.15. The van der Waals surface area contributed by atoms with Crippen LogP contribution in [0.5, 0.6) is 5.75 Å². The molecule has 6 nitrogen and oxygen atoms in total. The van der Waals surface area contributed by atoms with E-state index in [-0.39, 0.29) is 0 Å². The molecule has 0 bridgehead atoms. The third-order valence-electron chi connectivity index (χ3n) is 1.90. The van der Waals surface area contributed by atoms with Crippen molar-refractivity contribution in [1.29, 1.82) is 0 Å². The summed E-state index contributed by atoms with van der Waals surface area (Å²) >= 11 is 0. The van der Waals surface area contributed by atoms with Crippen molar-refractivity contribution in [2.24, 2.45) is 0 Å². The van der Waals surface area contributed by atoms with E-state index in [0.717, 1.165) is 0 Å². The Labute approximate surface area is 103 Å². The lowest BCUT2D eigenvalue weighted by Crippen LogP contribution is -2.05. The molecule has 0 radical (unpaired) electrons. The molecule has 1 rings (SSSR count). The number of rotatable bonds is 5. The van der Waals surface area contributed by atoms with E-state index < -0.39 is 40.3 Å². The molecule has 0 amide bonds. The SMILES string of the molecule is O=C(O)/C=C/c1c(F)cc([N+](=O)[O-])cc1OC(F)F. The van der Waals surface area contributed by atoms with Crippen molar-refractivity contribution in [3.8, 4) is 5.75 Å². The summed E-state index contributed by atoms with van der Waals surface area (Å²) in [5.41, 5.74) is -1.41. The highest BCUT2D eigenvalue weighted by Crippen LogP contribution is 2.30. The number of non-ortho nitro benzene ring substituents is 1. The van der Waals surface area contributed by atoms with E-state index in [2.05, 4.69) is 4.74 Å². The number of nitrogens with zero attached hydrogens (tertiary/aromatic N) is 1. The van der Waals surface area contributed by atoms with Gasteiger partial charge < -0.3 is 9.84 Å². The van der Waals surface area contributed by atoms with Crippen molar-refractivity contribution >= 4 is 17.7 Å². The van der Waals surface area contributed by atoms with Crippen molar-refractivity contribution in [3.63, 3.8) is 0 Å². The van der Waals surface area contributed by atoms with Crippen LogP contribution in [0, 0.1) is 15.9 Å². The van der Waals surface area contributed by atoms with E-state index in [1.54, 1.807) is 0 Å². The first-order chi connectivity index (χ1) is 8.81. The maximum Gasteiger partial charge on any atom is 0.387 e. The predicted molar refractivity (Wildman–Crippen MR) is 56.4 cm³/mol. The van der Waals surface area contributed by atoms with Crippen LogP contribution in [0.25, 0.3) is 6.08 Å². The molecule has 0 aliphatic heterocycles. The fourth-order valence-electron chi connectivity index (χ4n) is 1.19. The Morgan fingerprint density at radius 2 is 2.11 bits per heavy atom. The van der Waals surface area contributed by atoms with Crippen molar-refractivity contribution in [2.75, 3.05) is 0 Å². The number of aliphatic carboxylic acids is 1. The number of carboxylic acid groups (broad SMARTS) is 1. The highest BCUT2D eigenvalue weighted by molar-refractivity contribution is 5.86. The normalized spacial score (nSPS) is 10.9. The quantitative estimate of drug-likeness (QED) is 0.507. The first kappa shape index (κ1) is 14.5. The first-order valence-corrected chi connectivity index (χ1v) is 4.65. The summed E-state index contributed by atoms with van der Waals surface area (Å²) < 4.78 is 41.6. The number of alkyl halides is 2. The molecule has 0 atom stereocenters. The summed E-state index contributed by atoms with van der Waals surface area (Å²) in [6.45, 7) is -3.33. The second-order valence-corrected chi connectivity index (χ2v) is 3.15. The van der Waals surface area contributed by atoms with Gasteiger partial charge in [0.1, 0.15) is 11.6 Å². The molecule has 19 heavy (non-hydrogen) atoms. The van der Waals surface area contributed by atoms with E-state index in [9.17, 15) is 28.1 Å². The second kappa shape index (κ2) is 5.85. The molecule has 0 aliphatic rings. The van der Waals surface area contributed by atoms with Crippen LogP contribution >= 0.6 is 0 Å². The van der Waals surface area contributed by atoms with Crippen LogP contribution in [-0.4, -0.2) is 22.6 Å². The van der Waals surface area contributed by atoms with Gasteiger partial charge in [0.15, 0.2) is 0 Å². The van der Waals surface area contributed by atoms with Gasteiger partial charge in [0.2, 0.25) is 0 Å². The molecule has 0 saturated carbocycles. The molecule has 102 valence electrons. The van der Waals surface area contributed by atoms with Gasteiger partial charge >= 0.3 is 12.6 Å². The van der Waals surface area contributed by atoms with Gasteiger partial charge in [-0.05, 0) is 6.08 Å². The van der Waals surface area contributed by atoms with Gasteiger partial charge in [-0.3, -0.25) is 10.1 Å². The zero-order valence-electron chi connectivity index (χ0n) is 9.05. The minimum Gasteiger partial charge on any atom is -0.478 e. The molecule has 0 aromatic heterocycles. The van der Waals surface area contributed by atoms with Gasteiger partial charge in [-0.2, -0.15) is 8.78 Å². The number of benzene rings is 1. The summed E-state index contributed by atoms with van der Waals surface area (Å²) in [6, 6.07) is 1.05. The molecule has 1 aromatic carbocycles. The minimum atomic E-state index is -3.33. The summed E-state index contributed by atoms with van der Waals surface area (Å²) in [5, 5.41) is 18.8. The summed E-state index contributed by atoms with van der Waals surface area (Å²) in [6.07, 6.45) is 1.15. The molecule has 0 heterocycles. The van der Waals surface area contributed by atoms with Crippen LogP contribution in [0.1, 0.15) is 5.56 Å². The smallest absolute Gasteiger partial charge is 0.387 e. The number of carboxylic acids is 1. The maximum absolute atomic E-state index is 13.5. The number of nitro benzene ring substituents is 1. The van der Waals surface area contributed by atoms with Crippen molar-refractivity contribution in [1.82, 2.24) is 0 Å². The number of halogens is 3. The van der Waals surface area contributed by atoms with Crippen LogP contribution in [0.15, 0.2) is 18.2 Å². The van der Waals surface area contributed by atoms with Crippen LogP contribution in [0.3, 0.4) is 0 Å². The van der Waals surface area contributed by atoms with E-state index >= 15 is 0 Å². The summed E-state index contributed by atoms with van der Waals surface area (Å²) in [7, 11) is 0. The van der Waals surface area contributed by atoms with Crippen molar-refractivity contribution < 1.29 is 32.7 Å². The Kier molecular flexibility index (Phi) is 4.46. The van der Waals surface area contributed by atoms with E-state index in [1.165, 1.54) is 0 Å². The van der Waals surface area contributed by atoms with Crippen molar-refractivity contribution in [3.05, 3.63) is 39.7 Å². The van der Waals surface area contributed by atoms with E-state index in [4.69, 9.17) is 5.11 Å². The zero-order chi connectivity index (χ0) is 14.6. The van der Waals surface area contributed by atoms with Crippen LogP contribution in [0.2, 0.25) is 0 Å². The van der Waals surface area contributed by atoms with E-state index in [1.807, 2.05) is 0 Å². The van der Waals surface area contributed by atoms with Crippen LogP contribution in [0.4, 0.5) is 18.9 Å². The third kappa shape index (κ3) is 3.98. The maximum atomic E-state index is 13.5. The highest BCUT2D eigenvalue weighted by atomic mass is 19.3. The first-order valence-electron chi connectivity index (χ1n) is 4.65. The van der Waals surface area contributed by atoms with Crippen LogP contribution in [-0.2, 0) is 4.79 Å². The third-order valence-corrected chi connectivity index (χ3v) is 1.90. The average Bonchev–Trinajstić information content (AvgIpc) is 2.26. The molecule has 0 unspecified atom stereocenters. The number of hydrogen-bond donors (Lipinski definition) is 1. The summed E-state index contributed by atoms with van der Waals surface area (Å²) in [4.78, 5) is 19.7. The molecule has 0 saturated heterocycles. The monoisotopic (exact) mass is 277 g/mol. The minimum absolute atomic E-state index is 0.472. The Morgan fingerprint density at radius 3 is 2.58 bits per heavy atom. The standard InChI is InChI=1S/C10H6F3NO5/c11-7-3-5(14(17)18)4-8(19-10(12)13)6(7)1-2-9(15)16/h1-4,10H,(H,15,16)/b2-1+. The van der Waals surface area contributed by atoms with Gasteiger partial charge in [0.05, 0.1) is 22.6 Å². The lowest BCUT2D eigenvalue weighted by atomic mass is 10.1. The largest absolute Gasteiger partial charge is 0.478 e. The van der Waals surface area contributed by atoms with Crippen molar-refractivity contribution in [2.45, 2.75) is 6.61 Å². The Bertz CT molecular complexity index is 544. The van der Waals surface area contributed by atoms with Gasteiger partial charge in [0.25, 0.3) is 5.69 Å². The summed E-state index contributed by atoms with van der Waals surface area (Å²) in [5.74, 6) is -3.51. The number of carbonyl (C=O) groups is 1. The zero-order valence-corrected chi connectivity index (χ0v) is 9.05. The topological polar surface area (TPSA) is 89.7 Å². The molecular formula is C10H6F3NO5. The molecule has 9 heteroatoms. The van der Waals surface area contributed by atoms with Gasteiger partial charge in [-0.25, -0.2) is 9.18 Å². The van der Waals surface area contributed by atoms with Gasteiger partial charge in [-0.1, -0.05) is 0 Å². The Morgan fingerprint density at radius 1 is 1.47 bits per heavy atom. The molecule has 1 aromatic rings. The number of hydrogen-bond acceptors (Lipinski definition) is 4. The van der Waals surface area contributed by atoms with Gasteiger partial charge in [0, 0.05) is 6.08 Å². The number of nitro groups is 1. The fourth-order valence-corrected chi connectivity index (χ4v) is 1.19. The Balaban J connectivity index is 3.34. The highest BCUT2D eigenvalue weighted by Gasteiger charge is 2.19. The molecular weight excluding hydrogens is 271 g/mol. The molecule has 0 fully saturated rings. The lowest BCUT2D eigenvalue weighted by molar-refractivity contribution is -0.385. The van der Waals surface area contributed by atoms with E-state index in [0.29, 0.717) is 24.3 Å². The Hall–Kier alpha value is -2.58. The molecule has 1 N–H and O–H groups in total. The predicted octanol–water partition coefficient (Wildman–Crippen LogP) is 2.43. The van der Waals surface area contributed by atoms with Gasteiger partial charge in [-0.15, -0.1) is 0 Å². The fraction of sp³-hybridized carbons (Fsp3) is 0.100. The molecule has 0 spiro atoms. The lowest BCUT2D eigenvalue weighted by Gasteiger charge is -2.08.